The molecule has 1 heterocycles. The summed E-state index contributed by atoms with van der Waals surface area (Å²) in [6.07, 6.45) is 5.65. The van der Waals surface area contributed by atoms with E-state index in [1.54, 1.807) is 13.1 Å². The molecule has 1 saturated carbocycles. The van der Waals surface area contributed by atoms with Gasteiger partial charge in [-0.05, 0) is 39.2 Å². The van der Waals surface area contributed by atoms with Gasteiger partial charge in [0.15, 0.2) is 0 Å². The summed E-state index contributed by atoms with van der Waals surface area (Å²) in [5, 5.41) is 3.36. The first-order chi connectivity index (χ1) is 9.05. The Kier molecular flexibility index (Phi) is 4.95. The van der Waals surface area contributed by atoms with Gasteiger partial charge in [-0.1, -0.05) is 0 Å². The van der Waals surface area contributed by atoms with Crippen LogP contribution in [-0.2, 0) is 16.6 Å². The van der Waals surface area contributed by atoms with Gasteiger partial charge in [-0.2, -0.15) is 0 Å². The Morgan fingerprint density at radius 3 is 2.84 bits per heavy atom. The molecule has 0 aromatic carbocycles. The van der Waals surface area contributed by atoms with E-state index in [9.17, 15) is 8.42 Å². The van der Waals surface area contributed by atoms with E-state index in [0.717, 1.165) is 13.0 Å². The van der Waals surface area contributed by atoms with Gasteiger partial charge in [0.05, 0.1) is 18.5 Å². The Morgan fingerprint density at radius 2 is 2.21 bits per heavy atom. The summed E-state index contributed by atoms with van der Waals surface area (Å²) in [5.74, 6) is 1.23. The second-order valence-corrected chi connectivity index (χ2v) is 6.87. The van der Waals surface area contributed by atoms with Crippen LogP contribution in [0.5, 0.6) is 0 Å². The average Bonchev–Trinajstić information content (AvgIpc) is 3.08. The van der Waals surface area contributed by atoms with Crippen LogP contribution >= 0.6 is 0 Å². The van der Waals surface area contributed by atoms with Gasteiger partial charge in [-0.3, -0.25) is 0 Å². The quantitative estimate of drug-likeness (QED) is 0.660. The number of nitrogens with zero attached hydrogens (tertiary/aromatic N) is 1. The highest BCUT2D eigenvalue weighted by Gasteiger charge is 2.19. The molecule has 1 aromatic rings. The highest BCUT2D eigenvalue weighted by Crippen LogP contribution is 2.18. The van der Waals surface area contributed by atoms with Crippen molar-refractivity contribution in [3.8, 4) is 0 Å². The van der Waals surface area contributed by atoms with Gasteiger partial charge in [-0.25, -0.2) is 18.1 Å². The van der Waals surface area contributed by atoms with Crippen molar-refractivity contribution >= 4 is 10.0 Å². The summed E-state index contributed by atoms with van der Waals surface area (Å²) in [4.78, 5) is 3.95. The lowest BCUT2D eigenvalue weighted by Gasteiger charge is -2.05. The number of unbranched alkanes of at least 4 members (excludes halogenated alkanes) is 1. The highest BCUT2D eigenvalue weighted by molar-refractivity contribution is 7.89. The Labute approximate surface area is 114 Å². The fourth-order valence-corrected chi connectivity index (χ4v) is 2.81. The summed E-state index contributed by atoms with van der Waals surface area (Å²) >= 11 is 0. The zero-order valence-corrected chi connectivity index (χ0v) is 12.0. The van der Waals surface area contributed by atoms with Crippen LogP contribution in [0.25, 0.3) is 0 Å². The van der Waals surface area contributed by atoms with Gasteiger partial charge in [-0.15, -0.1) is 0 Å². The first kappa shape index (κ1) is 14.5. The van der Waals surface area contributed by atoms with Crippen molar-refractivity contribution in [1.29, 1.82) is 0 Å². The van der Waals surface area contributed by atoms with Gasteiger partial charge in [0, 0.05) is 6.04 Å². The van der Waals surface area contributed by atoms with E-state index in [1.165, 1.54) is 12.8 Å². The summed E-state index contributed by atoms with van der Waals surface area (Å²) in [7, 11) is -3.23. The number of hydrogen-bond donors (Lipinski definition) is 2. The number of aromatic nitrogens is 1. The van der Waals surface area contributed by atoms with Crippen molar-refractivity contribution in [2.45, 2.75) is 45.2 Å². The lowest BCUT2D eigenvalue weighted by Crippen LogP contribution is -2.26. The van der Waals surface area contributed by atoms with Crippen LogP contribution < -0.4 is 10.0 Å². The SMILES string of the molecule is Cc1cnc(CNS(=O)(=O)CCCCNC2CC2)o1. The molecular weight excluding hydrogens is 266 g/mol. The molecule has 1 aliphatic rings. The minimum Gasteiger partial charge on any atom is -0.445 e. The number of sulfonamides is 1. The molecule has 2 rings (SSSR count). The van der Waals surface area contributed by atoms with Gasteiger partial charge in [0.1, 0.15) is 5.76 Å². The van der Waals surface area contributed by atoms with Crippen molar-refractivity contribution in [2.75, 3.05) is 12.3 Å². The number of aryl methyl sites for hydroxylation is 1. The number of oxazole rings is 1. The van der Waals surface area contributed by atoms with E-state index < -0.39 is 10.0 Å². The summed E-state index contributed by atoms with van der Waals surface area (Å²) < 4.78 is 31.1. The molecule has 1 aliphatic carbocycles. The van der Waals surface area contributed by atoms with Crippen molar-refractivity contribution in [1.82, 2.24) is 15.0 Å². The highest BCUT2D eigenvalue weighted by atomic mass is 32.2. The molecule has 108 valence electrons. The minimum absolute atomic E-state index is 0.122. The van der Waals surface area contributed by atoms with Gasteiger partial charge >= 0.3 is 0 Å². The molecule has 1 fully saturated rings. The van der Waals surface area contributed by atoms with E-state index in [1.807, 2.05) is 0 Å². The maximum absolute atomic E-state index is 11.7. The van der Waals surface area contributed by atoms with E-state index >= 15 is 0 Å². The van der Waals surface area contributed by atoms with Gasteiger partial charge in [0.2, 0.25) is 15.9 Å². The molecular formula is C12H21N3O3S. The predicted molar refractivity (Wildman–Crippen MR) is 72.1 cm³/mol. The fraction of sp³-hybridized carbons (Fsp3) is 0.750. The van der Waals surface area contributed by atoms with Crippen LogP contribution in [0.2, 0.25) is 0 Å². The Bertz CT molecular complexity index is 494. The lowest BCUT2D eigenvalue weighted by molar-refractivity contribution is 0.463. The van der Waals surface area contributed by atoms with E-state index in [2.05, 4.69) is 15.0 Å². The lowest BCUT2D eigenvalue weighted by atomic mass is 10.3. The van der Waals surface area contributed by atoms with Crippen molar-refractivity contribution in [3.63, 3.8) is 0 Å². The molecule has 0 bridgehead atoms. The maximum atomic E-state index is 11.7. The van der Waals surface area contributed by atoms with Crippen LogP contribution in [0.4, 0.5) is 0 Å². The van der Waals surface area contributed by atoms with Crippen molar-refractivity contribution < 1.29 is 12.8 Å². The fourth-order valence-electron chi connectivity index (χ4n) is 1.74. The Morgan fingerprint density at radius 1 is 1.42 bits per heavy atom. The standard InChI is InChI=1S/C12H21N3O3S/c1-10-8-14-12(18-10)9-15-19(16,17)7-3-2-6-13-11-4-5-11/h8,11,13,15H,2-7,9H2,1H3. The van der Waals surface area contributed by atoms with E-state index in [0.29, 0.717) is 24.1 Å². The molecule has 0 spiro atoms. The first-order valence-corrected chi connectivity index (χ1v) is 8.32. The second-order valence-electron chi connectivity index (χ2n) is 4.94. The van der Waals surface area contributed by atoms with Crippen molar-refractivity contribution in [3.05, 3.63) is 17.8 Å². The minimum atomic E-state index is -3.23. The monoisotopic (exact) mass is 287 g/mol. The summed E-state index contributed by atoms with van der Waals surface area (Å²) in [5.41, 5.74) is 0. The molecule has 7 heteroatoms. The molecule has 0 aliphatic heterocycles. The molecule has 6 nitrogen and oxygen atoms in total. The molecule has 0 amide bonds. The topological polar surface area (TPSA) is 84.2 Å². The molecule has 19 heavy (non-hydrogen) atoms. The number of rotatable bonds is 9. The van der Waals surface area contributed by atoms with Crippen LogP contribution in [0, 0.1) is 6.92 Å². The third kappa shape index (κ3) is 5.71. The van der Waals surface area contributed by atoms with Crippen LogP contribution in [0.3, 0.4) is 0 Å². The van der Waals surface area contributed by atoms with E-state index in [-0.39, 0.29) is 12.3 Å². The van der Waals surface area contributed by atoms with Crippen LogP contribution in [0.15, 0.2) is 10.6 Å². The van der Waals surface area contributed by atoms with E-state index in [4.69, 9.17) is 4.42 Å². The van der Waals surface area contributed by atoms with Gasteiger partial charge in [0.25, 0.3) is 0 Å². The predicted octanol–water partition coefficient (Wildman–Crippen LogP) is 0.935. The number of nitrogens with one attached hydrogen (secondary N) is 2. The molecule has 0 saturated heterocycles. The maximum Gasteiger partial charge on any atom is 0.212 e. The largest absolute Gasteiger partial charge is 0.445 e. The van der Waals surface area contributed by atoms with Crippen LogP contribution in [-0.4, -0.2) is 31.7 Å². The normalized spacial score (nSPS) is 15.8. The zero-order valence-electron chi connectivity index (χ0n) is 11.2. The Balaban J connectivity index is 1.60. The van der Waals surface area contributed by atoms with Crippen LogP contribution in [0.1, 0.15) is 37.3 Å². The smallest absolute Gasteiger partial charge is 0.212 e. The summed E-state index contributed by atoms with van der Waals surface area (Å²) in [6.45, 7) is 2.80. The first-order valence-electron chi connectivity index (χ1n) is 6.67. The molecule has 0 radical (unpaired) electrons. The third-order valence-corrected chi connectivity index (χ3v) is 4.37. The third-order valence-electron chi connectivity index (χ3n) is 2.96. The average molecular weight is 287 g/mol. The van der Waals surface area contributed by atoms with Crippen molar-refractivity contribution in [2.24, 2.45) is 0 Å². The number of hydrogen-bond acceptors (Lipinski definition) is 5. The molecule has 0 unspecified atom stereocenters. The van der Waals surface area contributed by atoms with Gasteiger partial charge < -0.3 is 9.73 Å². The molecule has 1 aromatic heterocycles. The second kappa shape index (κ2) is 6.49. The molecule has 2 N–H and O–H groups in total. The molecule has 0 atom stereocenters. The summed E-state index contributed by atoms with van der Waals surface area (Å²) in [6, 6.07) is 0.683. The Hall–Kier alpha value is -0.920. The zero-order chi connectivity index (χ0) is 13.7.